The number of hydrogen-bond donors (Lipinski definition) is 0. The third-order valence-corrected chi connectivity index (χ3v) is 4.53. The van der Waals surface area contributed by atoms with E-state index in [1.807, 2.05) is 50.2 Å². The Labute approximate surface area is 164 Å². The lowest BCUT2D eigenvalue weighted by molar-refractivity contribution is 0.504. The molecule has 2 aromatic carbocycles. The van der Waals surface area contributed by atoms with Crippen LogP contribution in [0.5, 0.6) is 0 Å². The van der Waals surface area contributed by atoms with Crippen LogP contribution in [-0.4, -0.2) is 0 Å². The first-order chi connectivity index (χ1) is 12.8. The Morgan fingerprint density at radius 1 is 0.654 bits per heavy atom. The van der Waals surface area contributed by atoms with Gasteiger partial charge in [0, 0.05) is 0 Å². The van der Waals surface area contributed by atoms with E-state index >= 15 is 0 Å². The van der Waals surface area contributed by atoms with Gasteiger partial charge in [0.2, 0.25) is 0 Å². The summed E-state index contributed by atoms with van der Waals surface area (Å²) in [5.41, 5.74) is 1.48. The molecule has 0 bridgehead atoms. The van der Waals surface area contributed by atoms with Gasteiger partial charge in [0.15, 0.2) is 0 Å². The summed E-state index contributed by atoms with van der Waals surface area (Å²) in [5.74, 6) is 0.728. The molecule has 0 saturated heterocycles. The van der Waals surface area contributed by atoms with Gasteiger partial charge < -0.3 is 0 Å². The molecular formula is C26H42. The molecule has 0 radical (unpaired) electrons. The Balaban J connectivity index is 0.000000375. The van der Waals surface area contributed by atoms with Crippen molar-refractivity contribution < 1.29 is 0 Å². The molecule has 1 fully saturated rings. The molecule has 0 aromatic heterocycles. The summed E-state index contributed by atoms with van der Waals surface area (Å²) in [5, 5.41) is 0. The lowest BCUT2D eigenvalue weighted by Gasteiger charge is -2.10. The van der Waals surface area contributed by atoms with E-state index in [1.165, 1.54) is 63.4 Å². The topological polar surface area (TPSA) is 0 Å². The molecule has 0 amide bonds. The zero-order valence-corrected chi connectivity index (χ0v) is 17.8. The van der Waals surface area contributed by atoms with Gasteiger partial charge in [0.1, 0.15) is 0 Å². The van der Waals surface area contributed by atoms with Gasteiger partial charge in [-0.05, 0) is 17.9 Å². The average Bonchev–Trinajstić information content (AvgIpc) is 2.77. The molecule has 1 atom stereocenters. The highest BCUT2D eigenvalue weighted by Gasteiger charge is 2.02. The highest BCUT2D eigenvalue weighted by Crippen LogP contribution is 2.20. The molecule has 0 heterocycles. The van der Waals surface area contributed by atoms with E-state index in [2.05, 4.69) is 44.2 Å². The van der Waals surface area contributed by atoms with Crippen LogP contribution in [0, 0.1) is 0 Å². The molecule has 3 rings (SSSR count). The quantitative estimate of drug-likeness (QED) is 0.513. The van der Waals surface area contributed by atoms with Crippen molar-refractivity contribution in [3.8, 4) is 0 Å². The Hall–Kier alpha value is -1.56. The monoisotopic (exact) mass is 354 g/mol. The molecule has 0 spiro atoms. The van der Waals surface area contributed by atoms with Crippen molar-refractivity contribution in [2.24, 2.45) is 0 Å². The van der Waals surface area contributed by atoms with Crippen LogP contribution >= 0.6 is 0 Å². The van der Waals surface area contributed by atoms with E-state index in [0.29, 0.717) is 0 Å². The molecule has 0 N–H and O–H groups in total. The van der Waals surface area contributed by atoms with Crippen LogP contribution in [0.15, 0.2) is 66.7 Å². The van der Waals surface area contributed by atoms with Crippen molar-refractivity contribution in [2.45, 2.75) is 91.4 Å². The number of unbranched alkanes of at least 4 members (excludes halogenated alkanes) is 1. The van der Waals surface area contributed by atoms with Crippen LogP contribution in [-0.2, 0) is 0 Å². The third kappa shape index (κ3) is 14.8. The Morgan fingerprint density at radius 2 is 1.00 bits per heavy atom. The SMILES string of the molecule is C1CCCCC1.CC.CCCCC(C)c1ccccc1.c1ccccc1. The molecule has 146 valence electrons. The zero-order valence-electron chi connectivity index (χ0n) is 17.8. The van der Waals surface area contributed by atoms with E-state index in [-0.39, 0.29) is 0 Å². The van der Waals surface area contributed by atoms with Crippen molar-refractivity contribution in [1.29, 1.82) is 0 Å². The van der Waals surface area contributed by atoms with E-state index in [0.717, 1.165) is 5.92 Å². The predicted octanol–water partition coefficient (Wildman–Crippen LogP) is 9.03. The van der Waals surface area contributed by atoms with Crippen LogP contribution in [0.3, 0.4) is 0 Å². The molecular weight excluding hydrogens is 312 g/mol. The predicted molar refractivity (Wildman–Crippen MR) is 120 cm³/mol. The second kappa shape index (κ2) is 19.8. The highest BCUT2D eigenvalue weighted by atomic mass is 14.1. The van der Waals surface area contributed by atoms with Gasteiger partial charge >= 0.3 is 0 Å². The fraction of sp³-hybridized carbons (Fsp3) is 0.538. The van der Waals surface area contributed by atoms with E-state index in [4.69, 9.17) is 0 Å². The van der Waals surface area contributed by atoms with Crippen molar-refractivity contribution in [2.75, 3.05) is 0 Å². The average molecular weight is 355 g/mol. The Morgan fingerprint density at radius 3 is 1.35 bits per heavy atom. The summed E-state index contributed by atoms with van der Waals surface area (Å²) in [6, 6.07) is 22.8. The van der Waals surface area contributed by atoms with Crippen molar-refractivity contribution >= 4 is 0 Å². The maximum atomic E-state index is 2.31. The van der Waals surface area contributed by atoms with E-state index in [9.17, 15) is 0 Å². The smallest absolute Gasteiger partial charge is 0.0190 e. The Kier molecular flexibility index (Phi) is 18.6. The van der Waals surface area contributed by atoms with Gasteiger partial charge in [-0.3, -0.25) is 0 Å². The fourth-order valence-electron chi connectivity index (χ4n) is 2.90. The second-order valence-corrected chi connectivity index (χ2v) is 6.73. The van der Waals surface area contributed by atoms with Gasteiger partial charge in [-0.1, -0.05) is 146 Å². The summed E-state index contributed by atoms with van der Waals surface area (Å²) in [6.45, 7) is 8.56. The third-order valence-electron chi connectivity index (χ3n) is 4.53. The van der Waals surface area contributed by atoms with Gasteiger partial charge in [-0.15, -0.1) is 0 Å². The van der Waals surface area contributed by atoms with Gasteiger partial charge in [-0.2, -0.15) is 0 Å². The molecule has 1 unspecified atom stereocenters. The standard InChI is InChI=1S/C12H18.C6H12.C6H6.C2H6/c1-3-4-8-11(2)12-9-6-5-7-10-12;2*1-2-4-6-5-3-1;1-2/h5-7,9-11H,3-4,8H2,1-2H3;1-6H2;1-6H;1-2H3. The summed E-state index contributed by atoms with van der Waals surface area (Å²) in [7, 11) is 0. The largest absolute Gasteiger partial charge is 0.0683 e. The van der Waals surface area contributed by atoms with Crippen LogP contribution in [0.1, 0.15) is 97.0 Å². The summed E-state index contributed by atoms with van der Waals surface area (Å²) in [6.07, 6.45) is 13.0. The lowest BCUT2D eigenvalue weighted by atomic mass is 9.96. The number of benzene rings is 2. The molecule has 1 saturated carbocycles. The lowest BCUT2D eigenvalue weighted by Crippen LogP contribution is -1.92. The second-order valence-electron chi connectivity index (χ2n) is 6.73. The highest BCUT2D eigenvalue weighted by molar-refractivity contribution is 5.18. The Bertz CT molecular complexity index is 418. The van der Waals surface area contributed by atoms with Crippen LogP contribution in [0.25, 0.3) is 0 Å². The van der Waals surface area contributed by atoms with Crippen LogP contribution < -0.4 is 0 Å². The maximum Gasteiger partial charge on any atom is -0.0190 e. The minimum atomic E-state index is 0.728. The minimum Gasteiger partial charge on any atom is -0.0683 e. The normalized spacial score (nSPS) is 13.5. The summed E-state index contributed by atoms with van der Waals surface area (Å²) < 4.78 is 0. The molecule has 0 aliphatic heterocycles. The summed E-state index contributed by atoms with van der Waals surface area (Å²) in [4.78, 5) is 0. The first-order valence-corrected chi connectivity index (χ1v) is 10.9. The van der Waals surface area contributed by atoms with Gasteiger partial charge in [0.05, 0.1) is 0 Å². The van der Waals surface area contributed by atoms with Crippen LogP contribution in [0.2, 0.25) is 0 Å². The number of rotatable bonds is 4. The zero-order chi connectivity index (χ0) is 19.3. The first-order valence-electron chi connectivity index (χ1n) is 10.9. The molecule has 1 aliphatic rings. The van der Waals surface area contributed by atoms with E-state index < -0.39 is 0 Å². The van der Waals surface area contributed by atoms with Gasteiger partial charge in [0.25, 0.3) is 0 Å². The fourth-order valence-corrected chi connectivity index (χ4v) is 2.90. The maximum absolute atomic E-state index is 2.31. The summed E-state index contributed by atoms with van der Waals surface area (Å²) >= 11 is 0. The number of hydrogen-bond acceptors (Lipinski definition) is 0. The van der Waals surface area contributed by atoms with Gasteiger partial charge in [-0.25, -0.2) is 0 Å². The van der Waals surface area contributed by atoms with Crippen molar-refractivity contribution in [1.82, 2.24) is 0 Å². The molecule has 1 aliphatic carbocycles. The first kappa shape index (κ1) is 24.4. The molecule has 2 aromatic rings. The molecule has 0 nitrogen and oxygen atoms in total. The van der Waals surface area contributed by atoms with Crippen molar-refractivity contribution in [3.05, 3.63) is 72.3 Å². The molecule has 0 heteroatoms. The minimum absolute atomic E-state index is 0.728. The van der Waals surface area contributed by atoms with E-state index in [1.54, 1.807) is 0 Å². The van der Waals surface area contributed by atoms with Crippen molar-refractivity contribution in [3.63, 3.8) is 0 Å². The molecule has 26 heavy (non-hydrogen) atoms. The van der Waals surface area contributed by atoms with Crippen LogP contribution in [0.4, 0.5) is 0 Å².